The number of rotatable bonds is 5. The average molecular weight is 422 g/mol. The standard InChI is InChI=1S/C14H18Br2N2O3/c1-7(2)9(13(19)20)6-17-14(21)18-12-10(15)4-8(3)5-11(12)16/h4-5,7,9H,6H2,1-3H3,(H,19,20)(H2,17,18,21). The van der Waals surface area contributed by atoms with Crippen LogP contribution in [0.3, 0.4) is 0 Å². The van der Waals surface area contributed by atoms with Crippen LogP contribution in [0.4, 0.5) is 10.5 Å². The van der Waals surface area contributed by atoms with Gasteiger partial charge in [0.2, 0.25) is 0 Å². The lowest BCUT2D eigenvalue weighted by Gasteiger charge is -2.17. The second-order valence-electron chi connectivity index (χ2n) is 5.13. The van der Waals surface area contributed by atoms with E-state index < -0.39 is 17.9 Å². The van der Waals surface area contributed by atoms with Crippen molar-refractivity contribution in [2.45, 2.75) is 20.8 Å². The van der Waals surface area contributed by atoms with E-state index in [9.17, 15) is 9.59 Å². The Morgan fingerprint density at radius 1 is 1.24 bits per heavy atom. The first-order valence-corrected chi connectivity index (χ1v) is 8.04. The number of nitrogens with one attached hydrogen (secondary N) is 2. The molecule has 0 aliphatic carbocycles. The van der Waals surface area contributed by atoms with Crippen LogP contribution in [-0.2, 0) is 4.79 Å². The Balaban J connectivity index is 2.69. The van der Waals surface area contributed by atoms with Gasteiger partial charge in [-0.2, -0.15) is 0 Å². The van der Waals surface area contributed by atoms with E-state index in [1.807, 2.05) is 32.9 Å². The van der Waals surface area contributed by atoms with Crippen LogP contribution in [0.25, 0.3) is 0 Å². The number of aryl methyl sites for hydroxylation is 1. The third-order valence-electron chi connectivity index (χ3n) is 3.03. The maximum Gasteiger partial charge on any atom is 0.319 e. The summed E-state index contributed by atoms with van der Waals surface area (Å²) in [4.78, 5) is 23.0. The van der Waals surface area contributed by atoms with Gasteiger partial charge in [-0.1, -0.05) is 13.8 Å². The van der Waals surface area contributed by atoms with Crippen molar-refractivity contribution in [2.24, 2.45) is 11.8 Å². The van der Waals surface area contributed by atoms with Gasteiger partial charge in [-0.15, -0.1) is 0 Å². The van der Waals surface area contributed by atoms with Crippen molar-refractivity contribution >= 4 is 49.5 Å². The van der Waals surface area contributed by atoms with Crippen molar-refractivity contribution in [1.82, 2.24) is 5.32 Å². The highest BCUT2D eigenvalue weighted by Crippen LogP contribution is 2.32. The molecule has 0 aromatic heterocycles. The average Bonchev–Trinajstić information content (AvgIpc) is 2.33. The third-order valence-corrected chi connectivity index (χ3v) is 4.28. The molecule has 2 amide bonds. The Labute approximate surface area is 140 Å². The fourth-order valence-corrected chi connectivity index (χ4v) is 3.40. The van der Waals surface area contributed by atoms with Gasteiger partial charge in [0.1, 0.15) is 0 Å². The van der Waals surface area contributed by atoms with Crippen molar-refractivity contribution in [3.63, 3.8) is 0 Å². The van der Waals surface area contributed by atoms with Crippen LogP contribution >= 0.6 is 31.9 Å². The summed E-state index contributed by atoms with van der Waals surface area (Å²) < 4.78 is 1.51. The van der Waals surface area contributed by atoms with Gasteiger partial charge in [0.15, 0.2) is 0 Å². The van der Waals surface area contributed by atoms with Gasteiger partial charge in [0.05, 0.1) is 11.6 Å². The van der Waals surface area contributed by atoms with Crippen LogP contribution < -0.4 is 10.6 Å². The second-order valence-corrected chi connectivity index (χ2v) is 6.84. The molecule has 0 saturated heterocycles. The lowest BCUT2D eigenvalue weighted by Crippen LogP contribution is -2.37. The van der Waals surface area contributed by atoms with E-state index in [0.717, 1.165) is 14.5 Å². The summed E-state index contributed by atoms with van der Waals surface area (Å²) in [5.74, 6) is -1.58. The molecule has 1 rings (SSSR count). The number of amides is 2. The molecular formula is C14H18Br2N2O3. The molecule has 0 aliphatic heterocycles. The van der Waals surface area contributed by atoms with E-state index in [1.165, 1.54) is 0 Å². The van der Waals surface area contributed by atoms with Gasteiger partial charge in [-0.3, -0.25) is 4.79 Å². The molecule has 0 bridgehead atoms. The largest absolute Gasteiger partial charge is 0.481 e. The Kier molecular flexibility index (Phi) is 6.67. The van der Waals surface area contributed by atoms with Gasteiger partial charge in [0.25, 0.3) is 0 Å². The van der Waals surface area contributed by atoms with E-state index >= 15 is 0 Å². The lowest BCUT2D eigenvalue weighted by molar-refractivity contribution is -0.142. The van der Waals surface area contributed by atoms with Gasteiger partial charge >= 0.3 is 12.0 Å². The zero-order valence-electron chi connectivity index (χ0n) is 12.0. The van der Waals surface area contributed by atoms with Gasteiger partial charge < -0.3 is 15.7 Å². The van der Waals surface area contributed by atoms with Crippen LogP contribution in [-0.4, -0.2) is 23.7 Å². The van der Waals surface area contributed by atoms with E-state index in [4.69, 9.17) is 5.11 Å². The van der Waals surface area contributed by atoms with Gasteiger partial charge in [-0.05, 0) is 62.4 Å². The number of carboxylic acid groups (broad SMARTS) is 1. The van der Waals surface area contributed by atoms with Crippen LogP contribution in [0.1, 0.15) is 19.4 Å². The molecule has 1 aromatic rings. The molecule has 21 heavy (non-hydrogen) atoms. The summed E-state index contributed by atoms with van der Waals surface area (Å²) in [7, 11) is 0. The highest BCUT2D eigenvalue weighted by Gasteiger charge is 2.22. The molecule has 1 aromatic carbocycles. The molecule has 1 unspecified atom stereocenters. The normalized spacial score (nSPS) is 12.1. The van der Waals surface area contributed by atoms with Crippen LogP contribution in [0, 0.1) is 18.8 Å². The van der Waals surface area contributed by atoms with Crippen molar-refractivity contribution in [2.75, 3.05) is 11.9 Å². The topological polar surface area (TPSA) is 78.4 Å². The molecule has 0 fully saturated rings. The highest BCUT2D eigenvalue weighted by atomic mass is 79.9. The monoisotopic (exact) mass is 420 g/mol. The Morgan fingerprint density at radius 3 is 2.19 bits per heavy atom. The number of benzene rings is 1. The van der Waals surface area contributed by atoms with Crippen LogP contribution in [0.2, 0.25) is 0 Å². The zero-order valence-corrected chi connectivity index (χ0v) is 15.2. The quantitative estimate of drug-likeness (QED) is 0.672. The SMILES string of the molecule is Cc1cc(Br)c(NC(=O)NCC(C(=O)O)C(C)C)c(Br)c1. The summed E-state index contributed by atoms with van der Waals surface area (Å²) >= 11 is 6.77. The minimum atomic E-state index is -0.914. The maximum absolute atomic E-state index is 11.9. The predicted octanol–water partition coefficient (Wildman–Crippen LogP) is 4.00. The van der Waals surface area contributed by atoms with E-state index in [-0.39, 0.29) is 12.5 Å². The van der Waals surface area contributed by atoms with E-state index in [0.29, 0.717) is 5.69 Å². The van der Waals surface area contributed by atoms with Crippen molar-refractivity contribution in [3.8, 4) is 0 Å². The van der Waals surface area contributed by atoms with E-state index in [2.05, 4.69) is 42.5 Å². The molecule has 5 nitrogen and oxygen atoms in total. The number of anilines is 1. The summed E-state index contributed by atoms with van der Waals surface area (Å²) in [6.45, 7) is 5.65. The van der Waals surface area contributed by atoms with Gasteiger partial charge in [-0.25, -0.2) is 4.79 Å². The first kappa shape index (κ1) is 18.0. The highest BCUT2D eigenvalue weighted by molar-refractivity contribution is 9.11. The third kappa shape index (κ3) is 5.32. The molecule has 1 atom stereocenters. The minimum absolute atomic E-state index is 0.0550. The molecule has 0 radical (unpaired) electrons. The lowest BCUT2D eigenvalue weighted by atomic mass is 9.96. The molecule has 0 aliphatic rings. The van der Waals surface area contributed by atoms with Gasteiger partial charge in [0, 0.05) is 15.5 Å². The summed E-state index contributed by atoms with van der Waals surface area (Å²) in [5.41, 5.74) is 1.65. The second kappa shape index (κ2) is 7.79. The Morgan fingerprint density at radius 2 is 1.76 bits per heavy atom. The molecule has 116 valence electrons. The fourth-order valence-electron chi connectivity index (χ4n) is 1.79. The number of hydrogen-bond donors (Lipinski definition) is 3. The predicted molar refractivity (Wildman–Crippen MR) is 89.6 cm³/mol. The maximum atomic E-state index is 11.9. The molecule has 0 heterocycles. The number of carbonyl (C=O) groups is 2. The summed E-state index contributed by atoms with van der Waals surface area (Å²) in [5, 5.41) is 14.4. The first-order chi connectivity index (χ1) is 9.72. The Bertz CT molecular complexity index is 524. The summed E-state index contributed by atoms with van der Waals surface area (Å²) in [6.07, 6.45) is 0. The number of aliphatic carboxylic acids is 1. The van der Waals surface area contributed by atoms with Crippen molar-refractivity contribution in [3.05, 3.63) is 26.6 Å². The number of carboxylic acids is 1. The zero-order chi connectivity index (χ0) is 16.2. The number of hydrogen-bond acceptors (Lipinski definition) is 2. The van der Waals surface area contributed by atoms with Crippen molar-refractivity contribution < 1.29 is 14.7 Å². The number of urea groups is 1. The smallest absolute Gasteiger partial charge is 0.319 e. The summed E-state index contributed by atoms with van der Waals surface area (Å²) in [6, 6.07) is 3.33. The van der Waals surface area contributed by atoms with Crippen LogP contribution in [0.15, 0.2) is 21.1 Å². The fraction of sp³-hybridized carbons (Fsp3) is 0.429. The van der Waals surface area contributed by atoms with E-state index in [1.54, 1.807) is 0 Å². The number of halogens is 2. The molecule has 7 heteroatoms. The van der Waals surface area contributed by atoms with Crippen LogP contribution in [0.5, 0.6) is 0 Å². The molecule has 0 spiro atoms. The Hall–Kier alpha value is -1.08. The minimum Gasteiger partial charge on any atom is -0.481 e. The number of carbonyl (C=O) groups excluding carboxylic acids is 1. The first-order valence-electron chi connectivity index (χ1n) is 6.45. The molecule has 3 N–H and O–H groups in total. The molecule has 0 saturated carbocycles. The van der Waals surface area contributed by atoms with Crippen molar-refractivity contribution in [1.29, 1.82) is 0 Å². The molecular weight excluding hydrogens is 404 g/mol.